The maximum absolute atomic E-state index is 12.7. The number of nitrogens with one attached hydrogen (secondary N) is 1. The van der Waals surface area contributed by atoms with E-state index >= 15 is 0 Å². The molecule has 2 atom stereocenters. The molecule has 2 aromatic heterocycles. The molecule has 8 nitrogen and oxygen atoms in total. The van der Waals surface area contributed by atoms with Crippen LogP contribution in [0.25, 0.3) is 0 Å². The van der Waals surface area contributed by atoms with E-state index in [4.69, 9.17) is 5.73 Å². The Bertz CT molecular complexity index is 1110. The molecule has 1 aliphatic carbocycles. The second kappa shape index (κ2) is 8.70. The normalized spacial score (nSPS) is 20.4. The number of nitrogen functional groups attached to an aromatic ring is 1. The minimum atomic E-state index is -0.221. The molecule has 1 saturated heterocycles. The van der Waals surface area contributed by atoms with Crippen molar-refractivity contribution in [2.45, 2.75) is 45.3 Å². The van der Waals surface area contributed by atoms with Crippen molar-refractivity contribution in [2.24, 2.45) is 5.92 Å². The first kappa shape index (κ1) is 20.6. The zero-order valence-electron chi connectivity index (χ0n) is 18.4. The van der Waals surface area contributed by atoms with Crippen LogP contribution in [0.2, 0.25) is 0 Å². The molecule has 0 saturated carbocycles. The third kappa shape index (κ3) is 4.50. The SMILES string of the molecule is CC1CCN(Cc2ccc(Cn3cc(C(=O)NC4CCc5nc(N)ccc54)nn3)cc2)C1. The molecule has 1 fully saturated rings. The zero-order chi connectivity index (χ0) is 22.1. The molecule has 8 heteroatoms. The van der Waals surface area contributed by atoms with Crippen LogP contribution in [0.4, 0.5) is 5.82 Å². The van der Waals surface area contributed by atoms with Gasteiger partial charge in [0, 0.05) is 18.8 Å². The summed E-state index contributed by atoms with van der Waals surface area (Å²) in [5, 5.41) is 11.3. The molecule has 0 radical (unpaired) electrons. The van der Waals surface area contributed by atoms with E-state index < -0.39 is 0 Å². The minimum Gasteiger partial charge on any atom is -0.384 e. The third-order valence-corrected chi connectivity index (χ3v) is 6.43. The predicted molar refractivity (Wildman–Crippen MR) is 122 cm³/mol. The van der Waals surface area contributed by atoms with Crippen LogP contribution in [-0.2, 0) is 19.5 Å². The van der Waals surface area contributed by atoms with Crippen LogP contribution in [0.1, 0.15) is 58.7 Å². The van der Waals surface area contributed by atoms with Gasteiger partial charge in [0.2, 0.25) is 0 Å². The number of nitrogens with two attached hydrogens (primary N) is 1. The summed E-state index contributed by atoms with van der Waals surface area (Å²) in [6.45, 7) is 6.27. The summed E-state index contributed by atoms with van der Waals surface area (Å²) in [4.78, 5) is 19.6. The molecule has 32 heavy (non-hydrogen) atoms. The average Bonchev–Trinajstić information content (AvgIpc) is 3.50. The molecule has 166 valence electrons. The summed E-state index contributed by atoms with van der Waals surface area (Å²) in [5.41, 5.74) is 10.5. The van der Waals surface area contributed by atoms with Crippen molar-refractivity contribution in [1.82, 2.24) is 30.2 Å². The van der Waals surface area contributed by atoms with Gasteiger partial charge in [-0.05, 0) is 54.5 Å². The highest BCUT2D eigenvalue weighted by molar-refractivity contribution is 5.92. The van der Waals surface area contributed by atoms with Crippen molar-refractivity contribution in [1.29, 1.82) is 0 Å². The van der Waals surface area contributed by atoms with Gasteiger partial charge in [-0.2, -0.15) is 0 Å². The fourth-order valence-electron chi connectivity index (χ4n) is 4.71. The monoisotopic (exact) mass is 431 g/mol. The number of benzene rings is 1. The van der Waals surface area contributed by atoms with Crippen LogP contribution in [0.15, 0.2) is 42.6 Å². The van der Waals surface area contributed by atoms with Crippen LogP contribution >= 0.6 is 0 Å². The number of fused-ring (bicyclic) bond motifs is 1. The standard InChI is InChI=1S/C24H29N7O/c1-16-10-11-30(12-16)13-17-2-4-18(5-3-17)14-31-15-22(28-29-31)24(32)27-21-8-7-20-19(21)6-9-23(25)26-20/h2-6,9,15-16,21H,7-8,10-14H2,1H3,(H2,25,26)(H,27,32). The number of hydrogen-bond acceptors (Lipinski definition) is 6. The number of rotatable bonds is 6. The Morgan fingerprint density at radius 1 is 1.12 bits per heavy atom. The molecule has 3 heterocycles. The average molecular weight is 432 g/mol. The molecule has 3 N–H and O–H groups in total. The van der Waals surface area contributed by atoms with Crippen LogP contribution in [-0.4, -0.2) is 43.9 Å². The van der Waals surface area contributed by atoms with E-state index in [-0.39, 0.29) is 11.9 Å². The fraction of sp³-hybridized carbons (Fsp3) is 0.417. The summed E-state index contributed by atoms with van der Waals surface area (Å²) in [6, 6.07) is 12.3. The Hall–Kier alpha value is -3.26. The molecule has 0 bridgehead atoms. The highest BCUT2D eigenvalue weighted by Gasteiger charge is 2.26. The number of amides is 1. The molecule has 1 aliphatic heterocycles. The molecule has 1 amide bonds. The van der Waals surface area contributed by atoms with E-state index in [1.165, 1.54) is 25.1 Å². The molecule has 2 aliphatic rings. The van der Waals surface area contributed by atoms with E-state index in [1.807, 2.05) is 6.07 Å². The predicted octanol–water partition coefficient (Wildman–Crippen LogP) is 2.56. The highest BCUT2D eigenvalue weighted by atomic mass is 16.2. The van der Waals surface area contributed by atoms with E-state index in [0.717, 1.165) is 42.1 Å². The summed E-state index contributed by atoms with van der Waals surface area (Å²) < 4.78 is 1.71. The molecule has 5 rings (SSSR count). The first-order chi connectivity index (χ1) is 15.5. The van der Waals surface area contributed by atoms with E-state index in [0.29, 0.717) is 18.1 Å². The number of likely N-dealkylation sites (tertiary alicyclic amines) is 1. The molecule has 3 aromatic rings. The Morgan fingerprint density at radius 3 is 2.66 bits per heavy atom. The lowest BCUT2D eigenvalue weighted by Crippen LogP contribution is -2.27. The van der Waals surface area contributed by atoms with Gasteiger partial charge in [-0.25, -0.2) is 9.67 Å². The highest BCUT2D eigenvalue weighted by Crippen LogP contribution is 2.30. The third-order valence-electron chi connectivity index (χ3n) is 6.43. The topological polar surface area (TPSA) is 102 Å². The zero-order valence-corrected chi connectivity index (χ0v) is 18.4. The maximum atomic E-state index is 12.7. The number of nitrogens with zero attached hydrogens (tertiary/aromatic N) is 5. The quantitative estimate of drug-likeness (QED) is 0.622. The van der Waals surface area contributed by atoms with Gasteiger partial charge in [0.15, 0.2) is 5.69 Å². The summed E-state index contributed by atoms with van der Waals surface area (Å²) in [7, 11) is 0. The Balaban J connectivity index is 1.18. The lowest BCUT2D eigenvalue weighted by Gasteiger charge is -2.15. The largest absolute Gasteiger partial charge is 0.384 e. The molecular formula is C24H29N7O. The number of carbonyl (C=O) groups is 1. The second-order valence-electron chi connectivity index (χ2n) is 9.08. The molecule has 0 spiro atoms. The van der Waals surface area contributed by atoms with Crippen molar-refractivity contribution in [3.63, 3.8) is 0 Å². The number of anilines is 1. The molecule has 2 unspecified atom stereocenters. The number of aryl methyl sites for hydroxylation is 1. The van der Waals surface area contributed by atoms with Gasteiger partial charge in [0.1, 0.15) is 5.82 Å². The Kier molecular flexibility index (Phi) is 5.61. The first-order valence-corrected chi connectivity index (χ1v) is 11.3. The lowest BCUT2D eigenvalue weighted by molar-refractivity contribution is 0.0931. The molecular weight excluding hydrogens is 402 g/mol. The maximum Gasteiger partial charge on any atom is 0.273 e. The van der Waals surface area contributed by atoms with Gasteiger partial charge in [0.05, 0.1) is 18.8 Å². The summed E-state index contributed by atoms with van der Waals surface area (Å²) >= 11 is 0. The van der Waals surface area contributed by atoms with Gasteiger partial charge >= 0.3 is 0 Å². The number of hydrogen-bond donors (Lipinski definition) is 2. The van der Waals surface area contributed by atoms with E-state index in [2.05, 4.69) is 56.7 Å². The molecule has 1 aromatic carbocycles. The van der Waals surface area contributed by atoms with Crippen LogP contribution in [0.3, 0.4) is 0 Å². The summed E-state index contributed by atoms with van der Waals surface area (Å²) in [5.74, 6) is 1.09. The van der Waals surface area contributed by atoms with Crippen LogP contribution in [0, 0.1) is 5.92 Å². The lowest BCUT2D eigenvalue weighted by atomic mass is 10.1. The van der Waals surface area contributed by atoms with Gasteiger partial charge in [-0.3, -0.25) is 9.69 Å². The number of aromatic nitrogens is 4. The Morgan fingerprint density at radius 2 is 1.91 bits per heavy atom. The second-order valence-corrected chi connectivity index (χ2v) is 9.08. The van der Waals surface area contributed by atoms with E-state index in [1.54, 1.807) is 16.9 Å². The fourth-order valence-corrected chi connectivity index (χ4v) is 4.71. The van der Waals surface area contributed by atoms with Gasteiger partial charge < -0.3 is 11.1 Å². The van der Waals surface area contributed by atoms with E-state index in [9.17, 15) is 4.79 Å². The van der Waals surface area contributed by atoms with Gasteiger partial charge in [0.25, 0.3) is 5.91 Å². The van der Waals surface area contributed by atoms with Crippen LogP contribution < -0.4 is 11.1 Å². The number of pyridine rings is 1. The minimum absolute atomic E-state index is 0.0677. The van der Waals surface area contributed by atoms with Crippen molar-refractivity contribution >= 4 is 11.7 Å². The summed E-state index contributed by atoms with van der Waals surface area (Å²) in [6.07, 6.45) is 4.62. The number of carbonyl (C=O) groups excluding carboxylic acids is 1. The van der Waals surface area contributed by atoms with Crippen molar-refractivity contribution < 1.29 is 4.79 Å². The van der Waals surface area contributed by atoms with Crippen molar-refractivity contribution in [2.75, 3.05) is 18.8 Å². The van der Waals surface area contributed by atoms with Gasteiger partial charge in [-0.15, -0.1) is 5.10 Å². The first-order valence-electron chi connectivity index (χ1n) is 11.3. The smallest absolute Gasteiger partial charge is 0.273 e. The van der Waals surface area contributed by atoms with Gasteiger partial charge in [-0.1, -0.05) is 42.5 Å². The van der Waals surface area contributed by atoms with Crippen molar-refractivity contribution in [3.8, 4) is 0 Å². The van der Waals surface area contributed by atoms with Crippen LogP contribution in [0.5, 0.6) is 0 Å². The van der Waals surface area contributed by atoms with Crippen molar-refractivity contribution in [3.05, 3.63) is 70.7 Å². The Labute approximate surface area is 187 Å².